The van der Waals surface area contributed by atoms with Crippen LogP contribution in [0.2, 0.25) is 0 Å². The highest BCUT2D eigenvalue weighted by Crippen LogP contribution is 2.43. The molecule has 0 spiro atoms. The number of hydrogen-bond donors (Lipinski definition) is 2. The van der Waals surface area contributed by atoms with E-state index in [1.807, 2.05) is 12.1 Å². The minimum Gasteiger partial charge on any atom is -0.368 e. The predicted octanol–water partition coefficient (Wildman–Crippen LogP) is 1.79. The van der Waals surface area contributed by atoms with Crippen LogP contribution in [0, 0.1) is 0 Å². The van der Waals surface area contributed by atoms with Gasteiger partial charge in [0.25, 0.3) is 0 Å². The summed E-state index contributed by atoms with van der Waals surface area (Å²) >= 11 is 3.34. The van der Waals surface area contributed by atoms with Gasteiger partial charge in [0.05, 0.1) is 0 Å². The molecule has 0 bridgehead atoms. The Morgan fingerprint density at radius 1 is 1.61 bits per heavy atom. The van der Waals surface area contributed by atoms with Crippen molar-refractivity contribution < 1.29 is 19.1 Å². The number of methoxy groups -OCH3 is 1. The van der Waals surface area contributed by atoms with Crippen LogP contribution >= 0.6 is 23.5 Å². The zero-order chi connectivity index (χ0) is 13.3. The molecule has 18 heavy (non-hydrogen) atoms. The minimum atomic E-state index is -4.28. The normalized spacial score (nSPS) is 14.0. The van der Waals surface area contributed by atoms with Crippen molar-refractivity contribution in [2.24, 2.45) is 0 Å². The van der Waals surface area contributed by atoms with Crippen LogP contribution in [0.4, 0.5) is 0 Å². The molecule has 98 valence electrons. The number of aromatic nitrogens is 2. The van der Waals surface area contributed by atoms with E-state index in [0.717, 1.165) is 4.47 Å². The van der Waals surface area contributed by atoms with Gasteiger partial charge in [0.1, 0.15) is 5.65 Å². The Kier molecular flexibility index (Phi) is 3.89. The molecule has 2 aromatic heterocycles. The Hall–Kier alpha value is -0.720. The van der Waals surface area contributed by atoms with Gasteiger partial charge in [-0.3, -0.25) is 4.57 Å². The van der Waals surface area contributed by atoms with Gasteiger partial charge in [-0.25, -0.2) is 4.98 Å². The van der Waals surface area contributed by atoms with Gasteiger partial charge in [-0.15, -0.1) is 0 Å². The van der Waals surface area contributed by atoms with Crippen LogP contribution in [0.5, 0.6) is 0 Å². The SMILES string of the molecule is COC(Cc1cnc2cc(Br)ccn12)P(=O)(O)O. The van der Waals surface area contributed by atoms with Crippen LogP contribution < -0.4 is 0 Å². The first-order valence-electron chi connectivity index (χ1n) is 5.11. The smallest absolute Gasteiger partial charge is 0.354 e. The van der Waals surface area contributed by atoms with E-state index in [1.165, 1.54) is 7.11 Å². The number of rotatable bonds is 4. The van der Waals surface area contributed by atoms with Gasteiger partial charge in [-0.2, -0.15) is 0 Å². The van der Waals surface area contributed by atoms with Crippen molar-refractivity contribution in [3.63, 3.8) is 0 Å². The largest absolute Gasteiger partial charge is 0.368 e. The summed E-state index contributed by atoms with van der Waals surface area (Å²) in [4.78, 5) is 22.5. The fourth-order valence-electron chi connectivity index (χ4n) is 1.68. The predicted molar refractivity (Wildman–Crippen MR) is 69.4 cm³/mol. The van der Waals surface area contributed by atoms with Crippen molar-refractivity contribution in [3.8, 4) is 0 Å². The van der Waals surface area contributed by atoms with Gasteiger partial charge < -0.3 is 18.9 Å². The first-order valence-corrected chi connectivity index (χ1v) is 7.59. The molecule has 2 aromatic rings. The summed E-state index contributed by atoms with van der Waals surface area (Å²) in [6, 6.07) is 3.65. The first kappa shape index (κ1) is 13.7. The Morgan fingerprint density at radius 2 is 2.33 bits per heavy atom. The maximum atomic E-state index is 11.2. The van der Waals surface area contributed by atoms with E-state index >= 15 is 0 Å². The zero-order valence-corrected chi connectivity index (χ0v) is 12.0. The van der Waals surface area contributed by atoms with Gasteiger partial charge in [0.15, 0.2) is 5.85 Å². The van der Waals surface area contributed by atoms with Crippen molar-refractivity contribution in [2.75, 3.05) is 7.11 Å². The molecule has 2 heterocycles. The average Bonchev–Trinajstić information content (AvgIpc) is 2.66. The van der Waals surface area contributed by atoms with Crippen molar-refractivity contribution >= 4 is 29.2 Å². The third-order valence-electron chi connectivity index (χ3n) is 2.58. The lowest BCUT2D eigenvalue weighted by Crippen LogP contribution is -2.15. The second kappa shape index (κ2) is 5.11. The highest BCUT2D eigenvalue weighted by Gasteiger charge is 2.29. The summed E-state index contributed by atoms with van der Waals surface area (Å²) < 4.78 is 18.7. The van der Waals surface area contributed by atoms with Gasteiger partial charge in [-0.1, -0.05) is 15.9 Å². The molecule has 0 fully saturated rings. The molecule has 0 radical (unpaired) electrons. The number of ether oxygens (including phenoxy) is 1. The Bertz CT molecular complexity index is 609. The van der Waals surface area contributed by atoms with E-state index in [2.05, 4.69) is 20.9 Å². The number of fused-ring (bicyclic) bond motifs is 1. The molecule has 0 amide bonds. The average molecular weight is 335 g/mol. The summed E-state index contributed by atoms with van der Waals surface area (Å²) in [5, 5.41) is 0. The lowest BCUT2D eigenvalue weighted by atomic mass is 10.3. The van der Waals surface area contributed by atoms with E-state index in [4.69, 9.17) is 14.5 Å². The quantitative estimate of drug-likeness (QED) is 0.833. The number of halogens is 1. The van der Waals surface area contributed by atoms with Crippen molar-refractivity contribution in [1.29, 1.82) is 0 Å². The molecule has 0 saturated carbocycles. The molecule has 0 aliphatic carbocycles. The van der Waals surface area contributed by atoms with Gasteiger partial charge in [0.2, 0.25) is 0 Å². The molecule has 1 atom stereocenters. The van der Waals surface area contributed by atoms with E-state index in [1.54, 1.807) is 16.8 Å². The molecule has 2 rings (SSSR count). The lowest BCUT2D eigenvalue weighted by Gasteiger charge is -2.16. The summed E-state index contributed by atoms with van der Waals surface area (Å²) in [5.41, 5.74) is 1.40. The fraction of sp³-hybridized carbons (Fsp3) is 0.300. The van der Waals surface area contributed by atoms with E-state index in [-0.39, 0.29) is 6.42 Å². The Balaban J connectivity index is 2.35. The van der Waals surface area contributed by atoms with Crippen LogP contribution in [-0.2, 0) is 15.7 Å². The molecule has 0 aliphatic rings. The van der Waals surface area contributed by atoms with Crippen LogP contribution in [0.25, 0.3) is 5.65 Å². The number of nitrogens with zero attached hydrogens (tertiary/aromatic N) is 2. The molecule has 0 saturated heterocycles. The summed E-state index contributed by atoms with van der Waals surface area (Å²) in [6.07, 6.45) is 3.47. The summed E-state index contributed by atoms with van der Waals surface area (Å²) in [5.74, 6) is -1.15. The number of pyridine rings is 1. The van der Waals surface area contributed by atoms with E-state index in [0.29, 0.717) is 11.3 Å². The number of imidazole rings is 1. The molecular weight excluding hydrogens is 323 g/mol. The van der Waals surface area contributed by atoms with Crippen LogP contribution in [0.15, 0.2) is 29.0 Å². The molecule has 6 nitrogen and oxygen atoms in total. The number of hydrogen-bond acceptors (Lipinski definition) is 3. The molecular formula is C10H12BrN2O4P. The van der Waals surface area contributed by atoms with Gasteiger partial charge >= 0.3 is 7.60 Å². The topological polar surface area (TPSA) is 84.1 Å². The summed E-state index contributed by atoms with van der Waals surface area (Å²) in [7, 11) is -3.00. The maximum Gasteiger partial charge on any atom is 0.354 e. The molecule has 2 N–H and O–H groups in total. The Morgan fingerprint density at radius 3 is 2.94 bits per heavy atom. The van der Waals surface area contributed by atoms with Gasteiger partial charge in [0, 0.05) is 36.1 Å². The van der Waals surface area contributed by atoms with Crippen LogP contribution in [0.1, 0.15) is 5.69 Å². The van der Waals surface area contributed by atoms with Crippen molar-refractivity contribution in [3.05, 3.63) is 34.7 Å². The van der Waals surface area contributed by atoms with E-state index in [9.17, 15) is 4.57 Å². The third kappa shape index (κ3) is 2.81. The maximum absolute atomic E-state index is 11.2. The second-order valence-electron chi connectivity index (χ2n) is 3.81. The first-order chi connectivity index (χ1) is 8.41. The second-order valence-corrected chi connectivity index (χ2v) is 6.48. The van der Waals surface area contributed by atoms with Crippen molar-refractivity contribution in [1.82, 2.24) is 9.38 Å². The molecule has 1 unspecified atom stereocenters. The standard InChI is InChI=1S/C10H12BrN2O4P/c1-17-10(18(14,15)16)5-8-6-12-9-4-7(11)2-3-13(8)9/h2-4,6,10H,5H2,1H3,(H2,14,15,16). The molecule has 8 heteroatoms. The highest BCUT2D eigenvalue weighted by molar-refractivity contribution is 9.10. The molecule has 0 aromatic carbocycles. The van der Waals surface area contributed by atoms with Crippen LogP contribution in [-0.4, -0.2) is 32.1 Å². The monoisotopic (exact) mass is 334 g/mol. The van der Waals surface area contributed by atoms with Crippen LogP contribution in [0.3, 0.4) is 0 Å². The molecule has 0 aliphatic heterocycles. The Labute approximate surface area is 112 Å². The van der Waals surface area contributed by atoms with Gasteiger partial charge in [-0.05, 0) is 12.1 Å². The lowest BCUT2D eigenvalue weighted by molar-refractivity contribution is 0.135. The van der Waals surface area contributed by atoms with Crippen molar-refractivity contribution in [2.45, 2.75) is 12.3 Å². The third-order valence-corrected chi connectivity index (χ3v) is 4.22. The van der Waals surface area contributed by atoms with E-state index < -0.39 is 13.4 Å². The highest BCUT2D eigenvalue weighted by atomic mass is 79.9. The minimum absolute atomic E-state index is 0.101. The zero-order valence-electron chi connectivity index (χ0n) is 9.52. The summed E-state index contributed by atoms with van der Waals surface area (Å²) in [6.45, 7) is 0. The fourth-order valence-corrected chi connectivity index (χ4v) is 2.70.